The van der Waals surface area contributed by atoms with E-state index in [1.54, 1.807) is 7.11 Å². The Morgan fingerprint density at radius 1 is 1.06 bits per heavy atom. The van der Waals surface area contributed by atoms with Crippen LogP contribution in [0.1, 0.15) is 22.2 Å². The van der Waals surface area contributed by atoms with Crippen LogP contribution < -0.4 is 10.1 Å². The number of amides is 1. The third-order valence-corrected chi connectivity index (χ3v) is 7.47. The molecule has 36 heavy (non-hydrogen) atoms. The van der Waals surface area contributed by atoms with Crippen molar-refractivity contribution in [3.05, 3.63) is 65.0 Å². The SMILES string of the molecule is CCn1c(SCC(=O)Nc2sc(C)c(-c3ccccc3)c2C(=O)OC)nnc1-c1cccc(OC)c1. The normalized spacial score (nSPS) is 10.8. The summed E-state index contributed by atoms with van der Waals surface area (Å²) in [6.07, 6.45) is 0. The molecule has 0 radical (unpaired) electrons. The number of carbonyl (C=O) groups is 2. The number of benzene rings is 2. The van der Waals surface area contributed by atoms with Crippen molar-refractivity contribution in [3.8, 4) is 28.3 Å². The van der Waals surface area contributed by atoms with Crippen molar-refractivity contribution in [3.63, 3.8) is 0 Å². The van der Waals surface area contributed by atoms with Crippen molar-refractivity contribution in [1.82, 2.24) is 14.8 Å². The highest BCUT2D eigenvalue weighted by Crippen LogP contribution is 2.40. The van der Waals surface area contributed by atoms with Crippen molar-refractivity contribution in [2.45, 2.75) is 25.5 Å². The smallest absolute Gasteiger partial charge is 0.341 e. The number of carbonyl (C=O) groups excluding carboxylic acids is 2. The Labute approximate surface area is 217 Å². The summed E-state index contributed by atoms with van der Waals surface area (Å²) < 4.78 is 12.3. The molecule has 0 fully saturated rings. The van der Waals surface area contributed by atoms with E-state index < -0.39 is 5.97 Å². The molecule has 4 rings (SSSR count). The molecule has 2 aromatic carbocycles. The molecule has 0 saturated carbocycles. The highest BCUT2D eigenvalue weighted by molar-refractivity contribution is 7.99. The van der Waals surface area contributed by atoms with Gasteiger partial charge in [0.05, 0.1) is 20.0 Å². The van der Waals surface area contributed by atoms with Crippen LogP contribution >= 0.6 is 23.1 Å². The molecular formula is C26H26N4O4S2. The molecule has 10 heteroatoms. The highest BCUT2D eigenvalue weighted by atomic mass is 32.2. The van der Waals surface area contributed by atoms with Gasteiger partial charge in [-0.15, -0.1) is 21.5 Å². The predicted octanol–water partition coefficient (Wildman–Crippen LogP) is 5.53. The second-order valence-corrected chi connectivity index (χ2v) is 9.88. The fourth-order valence-electron chi connectivity index (χ4n) is 3.83. The van der Waals surface area contributed by atoms with Crippen molar-refractivity contribution in [2.24, 2.45) is 0 Å². The first-order valence-corrected chi connectivity index (χ1v) is 13.0. The van der Waals surface area contributed by atoms with E-state index in [4.69, 9.17) is 9.47 Å². The fraction of sp³-hybridized carbons (Fsp3) is 0.231. The van der Waals surface area contributed by atoms with Crippen LogP contribution in [0, 0.1) is 6.92 Å². The van der Waals surface area contributed by atoms with E-state index in [1.807, 2.05) is 73.0 Å². The van der Waals surface area contributed by atoms with Crippen molar-refractivity contribution in [2.75, 3.05) is 25.3 Å². The van der Waals surface area contributed by atoms with Crippen molar-refractivity contribution < 1.29 is 19.1 Å². The number of esters is 1. The van der Waals surface area contributed by atoms with E-state index in [9.17, 15) is 9.59 Å². The highest BCUT2D eigenvalue weighted by Gasteiger charge is 2.25. The number of anilines is 1. The van der Waals surface area contributed by atoms with Gasteiger partial charge in [0.15, 0.2) is 11.0 Å². The first kappa shape index (κ1) is 25.5. The lowest BCUT2D eigenvalue weighted by atomic mass is 10.0. The van der Waals surface area contributed by atoms with Gasteiger partial charge in [0, 0.05) is 22.5 Å². The van der Waals surface area contributed by atoms with Crippen molar-refractivity contribution in [1.29, 1.82) is 0 Å². The minimum Gasteiger partial charge on any atom is -0.497 e. The van der Waals surface area contributed by atoms with Gasteiger partial charge in [-0.25, -0.2) is 4.79 Å². The summed E-state index contributed by atoms with van der Waals surface area (Å²) in [5.41, 5.74) is 2.90. The van der Waals surface area contributed by atoms with E-state index >= 15 is 0 Å². The Bertz CT molecular complexity index is 1380. The van der Waals surface area contributed by atoms with Crippen LogP contribution in [0.4, 0.5) is 5.00 Å². The fourth-order valence-corrected chi connectivity index (χ4v) is 5.71. The average molecular weight is 523 g/mol. The number of nitrogens with one attached hydrogen (secondary N) is 1. The summed E-state index contributed by atoms with van der Waals surface area (Å²) in [5.74, 6) is 0.798. The number of aryl methyl sites for hydroxylation is 1. The predicted molar refractivity (Wildman–Crippen MR) is 143 cm³/mol. The topological polar surface area (TPSA) is 95.3 Å². The Balaban J connectivity index is 1.53. The first-order chi connectivity index (χ1) is 17.5. The molecule has 0 spiro atoms. The van der Waals surface area contributed by atoms with Crippen molar-refractivity contribution >= 4 is 40.0 Å². The molecule has 0 saturated heterocycles. The summed E-state index contributed by atoms with van der Waals surface area (Å²) in [4.78, 5) is 26.5. The van der Waals surface area contributed by atoms with Gasteiger partial charge in [-0.2, -0.15) is 0 Å². The molecule has 0 bridgehead atoms. The third-order valence-electron chi connectivity index (χ3n) is 5.48. The van der Waals surface area contributed by atoms with Crippen LogP contribution in [0.3, 0.4) is 0 Å². The maximum absolute atomic E-state index is 12.9. The van der Waals surface area contributed by atoms with Crippen LogP contribution in [0.25, 0.3) is 22.5 Å². The van der Waals surface area contributed by atoms with E-state index in [-0.39, 0.29) is 11.7 Å². The number of methoxy groups -OCH3 is 2. The third kappa shape index (κ3) is 5.29. The van der Waals surface area contributed by atoms with Crippen LogP contribution in [-0.4, -0.2) is 46.6 Å². The van der Waals surface area contributed by atoms with Gasteiger partial charge in [-0.05, 0) is 31.5 Å². The molecular weight excluding hydrogens is 496 g/mol. The second-order valence-electron chi connectivity index (χ2n) is 7.71. The van der Waals surface area contributed by atoms with E-state index in [0.29, 0.717) is 28.1 Å². The van der Waals surface area contributed by atoms with E-state index in [2.05, 4.69) is 15.5 Å². The second kappa shape index (κ2) is 11.4. The monoisotopic (exact) mass is 522 g/mol. The largest absolute Gasteiger partial charge is 0.497 e. The van der Waals surface area contributed by atoms with Gasteiger partial charge < -0.3 is 19.4 Å². The summed E-state index contributed by atoms with van der Waals surface area (Å²) in [6.45, 7) is 4.56. The van der Waals surface area contributed by atoms with E-state index in [0.717, 1.165) is 27.3 Å². The molecule has 186 valence electrons. The number of rotatable bonds is 9. The molecule has 0 aliphatic rings. The maximum Gasteiger partial charge on any atom is 0.341 e. The molecule has 2 aromatic heterocycles. The Morgan fingerprint density at radius 3 is 2.50 bits per heavy atom. The van der Waals surface area contributed by atoms with Gasteiger partial charge in [-0.1, -0.05) is 54.2 Å². The van der Waals surface area contributed by atoms with Gasteiger partial charge in [0.25, 0.3) is 0 Å². The standard InChI is InChI=1S/C26H26N4O4S2/c1-5-30-23(18-12-9-13-19(14-18)33-3)28-29-26(30)35-15-20(31)27-24-22(25(32)34-4)21(16(2)36-24)17-10-7-6-8-11-17/h6-14H,5,15H2,1-4H3,(H,27,31). The van der Waals surface area contributed by atoms with E-state index in [1.165, 1.54) is 30.2 Å². The number of thiophene rings is 1. The average Bonchev–Trinajstić information content (AvgIpc) is 3.47. The van der Waals surface area contributed by atoms with Gasteiger partial charge in [-0.3, -0.25) is 4.79 Å². The molecule has 2 heterocycles. The Morgan fingerprint density at radius 2 is 1.81 bits per heavy atom. The maximum atomic E-state index is 12.9. The molecule has 4 aromatic rings. The Hall–Kier alpha value is -3.63. The quantitative estimate of drug-likeness (QED) is 0.228. The summed E-state index contributed by atoms with van der Waals surface area (Å²) >= 11 is 2.64. The number of hydrogen-bond donors (Lipinski definition) is 1. The zero-order chi connectivity index (χ0) is 25.7. The van der Waals surface area contributed by atoms with Crippen LogP contribution in [-0.2, 0) is 16.1 Å². The molecule has 0 aliphatic carbocycles. The number of thioether (sulfide) groups is 1. The van der Waals surface area contributed by atoms with Crippen LogP contribution in [0.2, 0.25) is 0 Å². The van der Waals surface area contributed by atoms with Gasteiger partial charge in [0.2, 0.25) is 5.91 Å². The summed E-state index contributed by atoms with van der Waals surface area (Å²) in [6, 6.07) is 17.2. The number of aromatic nitrogens is 3. The zero-order valence-corrected chi connectivity index (χ0v) is 22.0. The van der Waals surface area contributed by atoms with Gasteiger partial charge in [0.1, 0.15) is 16.3 Å². The van der Waals surface area contributed by atoms with Crippen LogP contribution in [0.5, 0.6) is 5.75 Å². The minimum atomic E-state index is -0.491. The lowest BCUT2D eigenvalue weighted by Crippen LogP contribution is -2.16. The summed E-state index contributed by atoms with van der Waals surface area (Å²) in [7, 11) is 2.95. The summed E-state index contributed by atoms with van der Waals surface area (Å²) in [5, 5.41) is 12.6. The van der Waals surface area contributed by atoms with Crippen LogP contribution in [0.15, 0.2) is 59.8 Å². The molecule has 0 unspecified atom stereocenters. The molecule has 0 atom stereocenters. The number of ether oxygens (including phenoxy) is 2. The lowest BCUT2D eigenvalue weighted by Gasteiger charge is -2.09. The molecule has 0 aliphatic heterocycles. The molecule has 8 nitrogen and oxygen atoms in total. The molecule has 1 amide bonds. The lowest BCUT2D eigenvalue weighted by molar-refractivity contribution is -0.113. The first-order valence-electron chi connectivity index (χ1n) is 11.2. The minimum absolute atomic E-state index is 0.106. The van der Waals surface area contributed by atoms with Gasteiger partial charge >= 0.3 is 5.97 Å². The number of nitrogens with zero attached hydrogens (tertiary/aromatic N) is 3. The Kier molecular flexibility index (Phi) is 8.07. The zero-order valence-electron chi connectivity index (χ0n) is 20.4. The molecule has 1 N–H and O–H groups in total. The number of hydrogen-bond acceptors (Lipinski definition) is 8.